The number of aliphatic hydroxyl groups is 1. The van der Waals surface area contributed by atoms with Crippen LogP contribution in [-0.2, 0) is 16.9 Å². The van der Waals surface area contributed by atoms with Crippen LogP contribution in [0.1, 0.15) is 57.6 Å². The van der Waals surface area contributed by atoms with E-state index in [1.807, 2.05) is 18.5 Å². The third-order valence-corrected chi connectivity index (χ3v) is 7.17. The SMILES string of the molecule is CC(C)(O)c1ccc(N2C[C@]3(CCC[C@](C)(Cn4cnc5ccc(C#N)cc54)C3)OC2=O)nc1. The van der Waals surface area contributed by atoms with Crippen molar-refractivity contribution in [1.82, 2.24) is 14.5 Å². The van der Waals surface area contributed by atoms with Gasteiger partial charge in [-0.05, 0) is 69.2 Å². The van der Waals surface area contributed by atoms with Crippen LogP contribution in [0.25, 0.3) is 11.0 Å². The zero-order valence-electron chi connectivity index (χ0n) is 19.8. The highest BCUT2D eigenvalue weighted by Crippen LogP contribution is 2.47. The molecule has 1 aliphatic heterocycles. The molecular formula is C26H29N5O3. The highest BCUT2D eigenvalue weighted by molar-refractivity contribution is 5.89. The molecule has 1 saturated carbocycles. The second-order valence-electron chi connectivity index (χ2n) is 10.6. The van der Waals surface area contributed by atoms with E-state index in [4.69, 9.17) is 4.74 Å². The van der Waals surface area contributed by atoms with Crippen LogP contribution in [0.2, 0.25) is 0 Å². The number of nitriles is 1. The van der Waals surface area contributed by atoms with Crippen LogP contribution in [0.15, 0.2) is 42.9 Å². The van der Waals surface area contributed by atoms with Gasteiger partial charge in [-0.1, -0.05) is 13.0 Å². The Morgan fingerprint density at radius 2 is 2.06 bits per heavy atom. The summed E-state index contributed by atoms with van der Waals surface area (Å²) in [5.74, 6) is 0.534. The molecule has 1 spiro atoms. The number of hydrogen-bond donors (Lipinski definition) is 1. The number of rotatable bonds is 4. The van der Waals surface area contributed by atoms with Gasteiger partial charge >= 0.3 is 6.09 Å². The molecule has 176 valence electrons. The van der Waals surface area contributed by atoms with Gasteiger partial charge in [0.25, 0.3) is 0 Å². The zero-order chi connectivity index (χ0) is 24.1. The molecule has 8 heteroatoms. The van der Waals surface area contributed by atoms with Crippen LogP contribution >= 0.6 is 0 Å². The van der Waals surface area contributed by atoms with Crippen LogP contribution < -0.4 is 4.90 Å². The minimum Gasteiger partial charge on any atom is -0.441 e. The number of amides is 1. The van der Waals surface area contributed by atoms with Gasteiger partial charge in [0.05, 0.1) is 41.1 Å². The lowest BCUT2D eigenvalue weighted by atomic mass is 9.68. The van der Waals surface area contributed by atoms with E-state index in [0.717, 1.165) is 43.3 Å². The maximum absolute atomic E-state index is 12.9. The molecule has 2 fully saturated rings. The predicted octanol–water partition coefficient (Wildman–Crippen LogP) is 4.51. The van der Waals surface area contributed by atoms with Crippen molar-refractivity contribution in [3.8, 4) is 6.07 Å². The van der Waals surface area contributed by atoms with E-state index >= 15 is 0 Å². The van der Waals surface area contributed by atoms with E-state index in [2.05, 4.69) is 27.5 Å². The van der Waals surface area contributed by atoms with Crippen LogP contribution in [-0.4, -0.2) is 37.9 Å². The van der Waals surface area contributed by atoms with Crippen molar-refractivity contribution >= 4 is 22.9 Å². The lowest BCUT2D eigenvalue weighted by molar-refractivity contribution is -0.0264. The number of benzene rings is 1. The Morgan fingerprint density at radius 1 is 1.24 bits per heavy atom. The Morgan fingerprint density at radius 3 is 2.76 bits per heavy atom. The summed E-state index contributed by atoms with van der Waals surface area (Å²) in [6.07, 6.45) is 6.59. The molecule has 0 radical (unpaired) electrons. The van der Waals surface area contributed by atoms with E-state index in [0.29, 0.717) is 23.5 Å². The van der Waals surface area contributed by atoms with Crippen LogP contribution in [0, 0.1) is 16.7 Å². The minimum atomic E-state index is -0.991. The molecule has 3 aromatic rings. The zero-order valence-corrected chi connectivity index (χ0v) is 19.8. The molecule has 1 amide bonds. The Hall–Kier alpha value is -3.44. The Labute approximate surface area is 198 Å². The first-order valence-electron chi connectivity index (χ1n) is 11.6. The molecule has 0 unspecified atom stereocenters. The van der Waals surface area contributed by atoms with E-state index in [9.17, 15) is 15.2 Å². The van der Waals surface area contributed by atoms with Gasteiger partial charge in [0.1, 0.15) is 11.4 Å². The molecule has 34 heavy (non-hydrogen) atoms. The first kappa shape index (κ1) is 22.4. The summed E-state index contributed by atoms with van der Waals surface area (Å²) in [6, 6.07) is 11.3. The molecule has 8 nitrogen and oxygen atoms in total. The number of anilines is 1. The molecule has 1 N–H and O–H groups in total. The van der Waals surface area contributed by atoms with E-state index in [-0.39, 0.29) is 11.5 Å². The van der Waals surface area contributed by atoms with Gasteiger partial charge in [-0.3, -0.25) is 4.90 Å². The van der Waals surface area contributed by atoms with Crippen molar-refractivity contribution in [2.45, 2.75) is 64.2 Å². The number of fused-ring (bicyclic) bond motifs is 1. The maximum atomic E-state index is 12.9. The number of ether oxygens (including phenoxy) is 1. The lowest BCUT2D eigenvalue weighted by Crippen LogP contribution is -2.45. The number of imidazole rings is 1. The average molecular weight is 460 g/mol. The molecule has 1 saturated heterocycles. The van der Waals surface area contributed by atoms with Crippen LogP contribution in [0.4, 0.5) is 10.6 Å². The first-order valence-corrected chi connectivity index (χ1v) is 11.6. The number of aromatic nitrogens is 3. The molecule has 2 aliphatic rings. The molecule has 5 rings (SSSR count). The summed E-state index contributed by atoms with van der Waals surface area (Å²) in [7, 11) is 0. The maximum Gasteiger partial charge on any atom is 0.416 e. The lowest BCUT2D eigenvalue weighted by Gasteiger charge is -2.43. The van der Waals surface area contributed by atoms with Crippen molar-refractivity contribution in [1.29, 1.82) is 5.26 Å². The summed E-state index contributed by atoms with van der Waals surface area (Å²) >= 11 is 0. The topological polar surface area (TPSA) is 104 Å². The second kappa shape index (κ2) is 7.81. The van der Waals surface area contributed by atoms with Gasteiger partial charge in [0.2, 0.25) is 0 Å². The van der Waals surface area contributed by atoms with Crippen molar-refractivity contribution in [2.24, 2.45) is 5.41 Å². The molecule has 2 aromatic heterocycles. The van der Waals surface area contributed by atoms with Gasteiger partial charge < -0.3 is 14.4 Å². The third-order valence-electron chi connectivity index (χ3n) is 7.17. The van der Waals surface area contributed by atoms with Crippen LogP contribution in [0.3, 0.4) is 0 Å². The van der Waals surface area contributed by atoms with Crippen molar-refractivity contribution < 1.29 is 14.6 Å². The molecule has 2 atom stereocenters. The van der Waals surface area contributed by atoms with Crippen molar-refractivity contribution in [3.05, 3.63) is 54.0 Å². The number of pyridine rings is 1. The highest BCUT2D eigenvalue weighted by Gasteiger charge is 2.52. The number of hydrogen-bond acceptors (Lipinski definition) is 6. The predicted molar refractivity (Wildman–Crippen MR) is 127 cm³/mol. The molecule has 0 bridgehead atoms. The van der Waals surface area contributed by atoms with Gasteiger partial charge in [-0.25, -0.2) is 14.8 Å². The van der Waals surface area contributed by atoms with E-state index < -0.39 is 11.2 Å². The van der Waals surface area contributed by atoms with E-state index in [1.54, 1.807) is 43.1 Å². The van der Waals surface area contributed by atoms with Gasteiger partial charge in [0, 0.05) is 18.3 Å². The number of carbonyl (C=O) groups excluding carboxylic acids is 1. The quantitative estimate of drug-likeness (QED) is 0.616. The number of nitrogens with zero attached hydrogens (tertiary/aromatic N) is 5. The first-order chi connectivity index (χ1) is 16.1. The third kappa shape index (κ3) is 4.01. The van der Waals surface area contributed by atoms with E-state index in [1.165, 1.54) is 0 Å². The summed E-state index contributed by atoms with van der Waals surface area (Å²) in [4.78, 5) is 23.4. The highest BCUT2D eigenvalue weighted by atomic mass is 16.6. The fraction of sp³-hybridized carbons (Fsp3) is 0.462. The standard InChI is InChI=1S/C26H29N5O3/c1-24(2,33)19-6-8-22(28-13-19)31-16-26(34-23(31)32)10-4-9-25(3,14-26)15-30-17-29-20-7-5-18(12-27)11-21(20)30/h5-8,11,13,17,33H,4,9-10,14-16H2,1-3H3/t25-,26+/m0/s1. The van der Waals surface area contributed by atoms with Gasteiger partial charge in [0.15, 0.2) is 0 Å². The summed E-state index contributed by atoms with van der Waals surface area (Å²) < 4.78 is 8.13. The molecule has 3 heterocycles. The molecule has 1 aromatic carbocycles. The Balaban J connectivity index is 1.36. The Bertz CT molecular complexity index is 1290. The normalized spacial score (nSPS) is 25.0. The fourth-order valence-corrected chi connectivity index (χ4v) is 5.52. The Kier molecular flexibility index (Phi) is 5.14. The minimum absolute atomic E-state index is 0.0942. The smallest absolute Gasteiger partial charge is 0.416 e. The summed E-state index contributed by atoms with van der Waals surface area (Å²) in [6.45, 7) is 6.84. The summed E-state index contributed by atoms with van der Waals surface area (Å²) in [5, 5.41) is 19.5. The summed E-state index contributed by atoms with van der Waals surface area (Å²) in [5.41, 5.74) is 1.47. The largest absolute Gasteiger partial charge is 0.441 e. The van der Waals surface area contributed by atoms with Crippen LogP contribution in [0.5, 0.6) is 0 Å². The monoisotopic (exact) mass is 459 g/mol. The molecular weight excluding hydrogens is 430 g/mol. The number of carbonyl (C=O) groups is 1. The second-order valence-corrected chi connectivity index (χ2v) is 10.6. The average Bonchev–Trinajstić information content (AvgIpc) is 3.32. The van der Waals surface area contributed by atoms with Crippen molar-refractivity contribution in [2.75, 3.05) is 11.4 Å². The van der Waals surface area contributed by atoms with Gasteiger partial charge in [-0.2, -0.15) is 5.26 Å². The van der Waals surface area contributed by atoms with Gasteiger partial charge in [-0.15, -0.1) is 0 Å². The molecule has 1 aliphatic carbocycles. The fourth-order valence-electron chi connectivity index (χ4n) is 5.52. The van der Waals surface area contributed by atoms with Crippen molar-refractivity contribution in [3.63, 3.8) is 0 Å².